The van der Waals surface area contributed by atoms with E-state index in [4.69, 9.17) is 15.0 Å². The Labute approximate surface area is 366 Å². The summed E-state index contributed by atoms with van der Waals surface area (Å²) in [5.41, 5.74) is 12.3. The molecule has 3 heterocycles. The SMILES string of the molecule is c1ccc(-c2ccc(-c3ccccc3-c3ccc4sc5cccc(-c6nc(-c7ccccc7)nc(-c7cccc(-c8ccc9sc%10ccccc%10c9c8)c7)n6)c5c4c3)cc2)cc1. The molecule has 0 radical (unpaired) electrons. The summed E-state index contributed by atoms with van der Waals surface area (Å²) in [7, 11) is 0. The van der Waals surface area contributed by atoms with Crippen molar-refractivity contribution in [2.45, 2.75) is 0 Å². The van der Waals surface area contributed by atoms with E-state index in [0.717, 1.165) is 33.2 Å². The normalized spacial score (nSPS) is 11.5. The minimum Gasteiger partial charge on any atom is -0.208 e. The molecule has 12 rings (SSSR count). The lowest BCUT2D eigenvalue weighted by molar-refractivity contribution is 1.08. The van der Waals surface area contributed by atoms with Crippen LogP contribution in [0.2, 0.25) is 0 Å². The van der Waals surface area contributed by atoms with Crippen LogP contribution in [0.3, 0.4) is 0 Å². The third-order valence-electron chi connectivity index (χ3n) is 11.8. The number of hydrogen-bond acceptors (Lipinski definition) is 5. The van der Waals surface area contributed by atoms with E-state index in [-0.39, 0.29) is 0 Å². The fourth-order valence-electron chi connectivity index (χ4n) is 8.73. The van der Waals surface area contributed by atoms with Crippen LogP contribution in [0.1, 0.15) is 0 Å². The zero-order chi connectivity index (χ0) is 41.0. The van der Waals surface area contributed by atoms with Crippen molar-refractivity contribution in [2.75, 3.05) is 0 Å². The van der Waals surface area contributed by atoms with Crippen molar-refractivity contribution in [1.29, 1.82) is 0 Å². The second-order valence-electron chi connectivity index (χ2n) is 15.5. The molecule has 0 unspecified atom stereocenters. The monoisotopic (exact) mass is 825 g/mol. The van der Waals surface area contributed by atoms with Crippen LogP contribution >= 0.6 is 22.7 Å². The number of benzene rings is 9. The average molecular weight is 826 g/mol. The molecule has 0 aliphatic heterocycles. The van der Waals surface area contributed by atoms with Crippen molar-refractivity contribution in [1.82, 2.24) is 15.0 Å². The van der Waals surface area contributed by atoms with Crippen LogP contribution in [0.5, 0.6) is 0 Å². The highest BCUT2D eigenvalue weighted by atomic mass is 32.1. The van der Waals surface area contributed by atoms with E-state index in [9.17, 15) is 0 Å². The van der Waals surface area contributed by atoms with Gasteiger partial charge in [-0.3, -0.25) is 0 Å². The number of aromatic nitrogens is 3. The second kappa shape index (κ2) is 15.2. The molecule has 0 atom stereocenters. The zero-order valence-electron chi connectivity index (χ0n) is 33.4. The summed E-state index contributed by atoms with van der Waals surface area (Å²) >= 11 is 3.65. The van der Waals surface area contributed by atoms with Crippen molar-refractivity contribution in [3.63, 3.8) is 0 Å². The Hall–Kier alpha value is -7.57. The lowest BCUT2D eigenvalue weighted by Crippen LogP contribution is -2.00. The van der Waals surface area contributed by atoms with Gasteiger partial charge in [-0.15, -0.1) is 22.7 Å². The first-order valence-corrected chi connectivity index (χ1v) is 22.4. The van der Waals surface area contributed by atoms with Crippen LogP contribution in [0.4, 0.5) is 0 Å². The summed E-state index contributed by atoms with van der Waals surface area (Å²) in [6.07, 6.45) is 0. The Morgan fingerprint density at radius 2 is 0.710 bits per heavy atom. The van der Waals surface area contributed by atoms with E-state index >= 15 is 0 Å². The molecule has 0 N–H and O–H groups in total. The Kier molecular flexibility index (Phi) is 8.87. The first kappa shape index (κ1) is 36.3. The highest BCUT2D eigenvalue weighted by Crippen LogP contribution is 2.43. The van der Waals surface area contributed by atoms with E-state index in [1.54, 1.807) is 11.3 Å². The molecule has 0 saturated heterocycles. The molecule has 0 aliphatic rings. The largest absolute Gasteiger partial charge is 0.208 e. The van der Waals surface area contributed by atoms with Gasteiger partial charge in [0.25, 0.3) is 0 Å². The molecule has 0 amide bonds. The van der Waals surface area contributed by atoms with Gasteiger partial charge < -0.3 is 0 Å². The number of rotatable bonds is 7. The topological polar surface area (TPSA) is 38.7 Å². The van der Waals surface area contributed by atoms with Crippen molar-refractivity contribution in [3.05, 3.63) is 212 Å². The van der Waals surface area contributed by atoms with Gasteiger partial charge in [-0.2, -0.15) is 0 Å². The van der Waals surface area contributed by atoms with E-state index < -0.39 is 0 Å². The third-order valence-corrected chi connectivity index (χ3v) is 14.1. The number of thiophene rings is 2. The summed E-state index contributed by atoms with van der Waals surface area (Å²) in [6.45, 7) is 0. The standard InChI is InChI=1S/C57H35N3S2/c1-3-13-36(14-4-1)37-25-27-38(28-26-37)44-19-7-8-20-45(44)42-30-32-52-49(35-42)54-47(22-12-24-53(54)62-52)57-59-55(39-15-5-2-6-16-39)58-56(60-57)43-18-11-17-40(33-43)41-29-31-51-48(34-41)46-21-9-10-23-50(46)61-51/h1-35H. The number of hydrogen-bond donors (Lipinski definition) is 0. The van der Waals surface area contributed by atoms with E-state index in [1.807, 2.05) is 29.5 Å². The van der Waals surface area contributed by atoms with Crippen LogP contribution < -0.4 is 0 Å². The summed E-state index contributed by atoms with van der Waals surface area (Å²) in [5, 5.41) is 4.91. The van der Waals surface area contributed by atoms with Crippen LogP contribution in [-0.4, -0.2) is 15.0 Å². The lowest BCUT2D eigenvalue weighted by Gasteiger charge is -2.12. The zero-order valence-corrected chi connectivity index (χ0v) is 35.0. The Balaban J connectivity index is 0.980. The van der Waals surface area contributed by atoms with Crippen molar-refractivity contribution >= 4 is 63.0 Å². The fourth-order valence-corrected chi connectivity index (χ4v) is 10.9. The van der Waals surface area contributed by atoms with Crippen LogP contribution in [-0.2, 0) is 0 Å². The maximum absolute atomic E-state index is 5.30. The molecule has 3 nitrogen and oxygen atoms in total. The van der Waals surface area contributed by atoms with Gasteiger partial charge in [0.15, 0.2) is 17.5 Å². The predicted molar refractivity (Wildman–Crippen MR) is 264 cm³/mol. The van der Waals surface area contributed by atoms with Crippen molar-refractivity contribution in [3.8, 4) is 78.7 Å². The summed E-state index contributed by atoms with van der Waals surface area (Å²) in [4.78, 5) is 15.7. The molecule has 0 saturated carbocycles. The smallest absolute Gasteiger partial charge is 0.164 e. The van der Waals surface area contributed by atoms with Crippen molar-refractivity contribution < 1.29 is 0 Å². The summed E-state index contributed by atoms with van der Waals surface area (Å²) < 4.78 is 5.02. The summed E-state index contributed by atoms with van der Waals surface area (Å²) in [6, 6.07) is 75.8. The third kappa shape index (κ3) is 6.47. The van der Waals surface area contributed by atoms with Gasteiger partial charge >= 0.3 is 0 Å². The Morgan fingerprint density at radius 1 is 0.242 bits per heavy atom. The van der Waals surface area contributed by atoms with Gasteiger partial charge in [-0.25, -0.2) is 15.0 Å². The Bertz CT molecular complexity index is 3630. The molecule has 12 aromatic rings. The van der Waals surface area contributed by atoms with Crippen LogP contribution in [0, 0.1) is 0 Å². The fraction of sp³-hybridized carbons (Fsp3) is 0. The predicted octanol–water partition coefficient (Wildman–Crippen LogP) is 16.3. The maximum atomic E-state index is 5.30. The van der Waals surface area contributed by atoms with E-state index in [2.05, 4.69) is 194 Å². The van der Waals surface area contributed by atoms with Gasteiger partial charge in [-0.05, 0) is 87.0 Å². The second-order valence-corrected chi connectivity index (χ2v) is 17.7. The van der Waals surface area contributed by atoms with Crippen LogP contribution in [0.15, 0.2) is 212 Å². The molecule has 5 heteroatoms. The minimum absolute atomic E-state index is 0.641. The first-order valence-electron chi connectivity index (χ1n) is 20.7. The molecule has 0 bridgehead atoms. The molecule has 290 valence electrons. The van der Waals surface area contributed by atoms with Gasteiger partial charge in [0, 0.05) is 57.0 Å². The molecule has 9 aromatic carbocycles. The van der Waals surface area contributed by atoms with Crippen molar-refractivity contribution in [2.24, 2.45) is 0 Å². The van der Waals surface area contributed by atoms with E-state index in [1.165, 1.54) is 68.3 Å². The minimum atomic E-state index is 0.641. The Morgan fingerprint density at radius 3 is 1.52 bits per heavy atom. The van der Waals surface area contributed by atoms with Crippen LogP contribution in [0.25, 0.3) is 119 Å². The summed E-state index contributed by atoms with van der Waals surface area (Å²) in [5.74, 6) is 1.94. The van der Waals surface area contributed by atoms with Gasteiger partial charge in [0.2, 0.25) is 0 Å². The molecule has 3 aromatic heterocycles. The molecule has 0 spiro atoms. The first-order chi connectivity index (χ1) is 30.7. The van der Waals surface area contributed by atoms with E-state index in [0.29, 0.717) is 17.5 Å². The highest BCUT2D eigenvalue weighted by Gasteiger charge is 2.19. The van der Waals surface area contributed by atoms with Gasteiger partial charge in [0.05, 0.1) is 0 Å². The average Bonchev–Trinajstić information content (AvgIpc) is 3.92. The molecule has 62 heavy (non-hydrogen) atoms. The highest BCUT2D eigenvalue weighted by molar-refractivity contribution is 7.26. The van der Waals surface area contributed by atoms with Gasteiger partial charge in [0.1, 0.15) is 0 Å². The number of nitrogens with zero attached hydrogens (tertiary/aromatic N) is 3. The quantitative estimate of drug-likeness (QED) is 0.161. The molecule has 0 fully saturated rings. The van der Waals surface area contributed by atoms with Gasteiger partial charge in [-0.1, -0.05) is 170 Å². The lowest BCUT2D eigenvalue weighted by atomic mass is 9.92. The maximum Gasteiger partial charge on any atom is 0.164 e. The molecule has 0 aliphatic carbocycles. The molecular weight excluding hydrogens is 791 g/mol. The molecular formula is C57H35N3S2. The number of fused-ring (bicyclic) bond motifs is 6.